The van der Waals surface area contributed by atoms with E-state index in [9.17, 15) is 4.79 Å². The van der Waals surface area contributed by atoms with Crippen molar-refractivity contribution in [3.63, 3.8) is 0 Å². The number of benzene rings is 1. The van der Waals surface area contributed by atoms with Gasteiger partial charge in [0.2, 0.25) is 0 Å². The highest BCUT2D eigenvalue weighted by Gasteiger charge is 2.02. The number of carbonyl (C=O) groups excluding carboxylic acids is 1. The molecule has 5 heteroatoms. The molecule has 0 aliphatic rings. The van der Waals surface area contributed by atoms with Crippen molar-refractivity contribution in [2.75, 3.05) is 11.9 Å². The first kappa shape index (κ1) is 14.3. The summed E-state index contributed by atoms with van der Waals surface area (Å²) in [7, 11) is 0. The van der Waals surface area contributed by atoms with Crippen molar-refractivity contribution in [2.24, 2.45) is 0 Å². The molecule has 0 saturated carbocycles. The van der Waals surface area contributed by atoms with Crippen molar-refractivity contribution in [3.8, 4) is 0 Å². The zero-order valence-corrected chi connectivity index (χ0v) is 11.9. The standard InChI is InChI=1S/C15H16ClN3O/c1-11-2-7-14(18-10-11)19-15(20)17-9-8-12-3-5-13(16)6-4-12/h2-7,10H,8-9H2,1H3,(H2,17,18,19,20). The van der Waals surface area contributed by atoms with Crippen molar-refractivity contribution in [1.82, 2.24) is 10.3 Å². The van der Waals surface area contributed by atoms with E-state index in [-0.39, 0.29) is 6.03 Å². The second kappa shape index (κ2) is 6.91. The smallest absolute Gasteiger partial charge is 0.320 e. The van der Waals surface area contributed by atoms with Crippen molar-refractivity contribution >= 4 is 23.4 Å². The molecule has 0 radical (unpaired) electrons. The monoisotopic (exact) mass is 289 g/mol. The Morgan fingerprint density at radius 1 is 1.20 bits per heavy atom. The maximum atomic E-state index is 11.7. The minimum absolute atomic E-state index is 0.254. The molecule has 2 amide bonds. The van der Waals surface area contributed by atoms with Crippen molar-refractivity contribution in [1.29, 1.82) is 0 Å². The second-order valence-electron chi connectivity index (χ2n) is 4.48. The van der Waals surface area contributed by atoms with Gasteiger partial charge in [0.05, 0.1) is 0 Å². The van der Waals surface area contributed by atoms with Gasteiger partial charge in [-0.15, -0.1) is 0 Å². The topological polar surface area (TPSA) is 54.0 Å². The van der Waals surface area contributed by atoms with E-state index in [0.717, 1.165) is 17.5 Å². The van der Waals surface area contributed by atoms with E-state index in [0.29, 0.717) is 17.4 Å². The summed E-state index contributed by atoms with van der Waals surface area (Å²) >= 11 is 5.81. The van der Waals surface area contributed by atoms with Gasteiger partial charge in [-0.05, 0) is 42.7 Å². The van der Waals surface area contributed by atoms with E-state index in [1.807, 2.05) is 37.3 Å². The highest BCUT2D eigenvalue weighted by Crippen LogP contribution is 2.09. The minimum Gasteiger partial charge on any atom is -0.337 e. The lowest BCUT2D eigenvalue weighted by Crippen LogP contribution is -2.30. The number of aromatic nitrogens is 1. The van der Waals surface area contributed by atoms with Crippen LogP contribution < -0.4 is 10.6 Å². The summed E-state index contributed by atoms with van der Waals surface area (Å²) < 4.78 is 0. The van der Waals surface area contributed by atoms with Gasteiger partial charge < -0.3 is 5.32 Å². The Labute approximate surface area is 123 Å². The van der Waals surface area contributed by atoms with Crippen molar-refractivity contribution in [3.05, 3.63) is 58.7 Å². The number of carbonyl (C=O) groups is 1. The van der Waals surface area contributed by atoms with Crippen LogP contribution in [0, 0.1) is 6.92 Å². The van der Waals surface area contributed by atoms with Gasteiger partial charge >= 0.3 is 6.03 Å². The lowest BCUT2D eigenvalue weighted by atomic mass is 10.1. The second-order valence-corrected chi connectivity index (χ2v) is 4.91. The van der Waals surface area contributed by atoms with Gasteiger partial charge in [0.25, 0.3) is 0 Å². The first-order valence-electron chi connectivity index (χ1n) is 6.35. The lowest BCUT2D eigenvalue weighted by Gasteiger charge is -2.07. The Bertz CT molecular complexity index is 567. The van der Waals surface area contributed by atoms with Crippen LogP contribution in [0.4, 0.5) is 10.6 Å². The SMILES string of the molecule is Cc1ccc(NC(=O)NCCc2ccc(Cl)cc2)nc1. The third-order valence-electron chi connectivity index (χ3n) is 2.77. The van der Waals surface area contributed by atoms with Gasteiger partial charge in [-0.3, -0.25) is 5.32 Å². The Balaban J connectivity index is 1.75. The maximum absolute atomic E-state index is 11.7. The molecule has 104 valence electrons. The molecule has 0 atom stereocenters. The lowest BCUT2D eigenvalue weighted by molar-refractivity contribution is 0.252. The average molecular weight is 290 g/mol. The van der Waals surface area contributed by atoms with Crippen LogP contribution >= 0.6 is 11.6 Å². The van der Waals surface area contributed by atoms with Crippen LogP contribution in [0.15, 0.2) is 42.6 Å². The number of hydrogen-bond donors (Lipinski definition) is 2. The Hall–Kier alpha value is -2.07. The van der Waals surface area contributed by atoms with Gasteiger partial charge in [-0.1, -0.05) is 29.8 Å². The van der Waals surface area contributed by atoms with Crippen molar-refractivity contribution in [2.45, 2.75) is 13.3 Å². The molecular weight excluding hydrogens is 274 g/mol. The molecule has 1 heterocycles. The fourth-order valence-electron chi connectivity index (χ4n) is 1.67. The van der Waals surface area contributed by atoms with Gasteiger partial charge in [-0.2, -0.15) is 0 Å². The normalized spacial score (nSPS) is 10.1. The van der Waals surface area contributed by atoms with Gasteiger partial charge in [0, 0.05) is 17.8 Å². The highest BCUT2D eigenvalue weighted by molar-refractivity contribution is 6.30. The van der Waals surface area contributed by atoms with Crippen LogP contribution in [-0.4, -0.2) is 17.6 Å². The molecule has 0 unspecified atom stereocenters. The minimum atomic E-state index is -0.254. The zero-order chi connectivity index (χ0) is 14.4. The van der Waals surface area contributed by atoms with Crippen LogP contribution in [-0.2, 0) is 6.42 Å². The Morgan fingerprint density at radius 3 is 2.60 bits per heavy atom. The molecule has 0 spiro atoms. The number of hydrogen-bond acceptors (Lipinski definition) is 2. The van der Waals surface area contributed by atoms with E-state index in [2.05, 4.69) is 15.6 Å². The van der Waals surface area contributed by atoms with E-state index >= 15 is 0 Å². The van der Waals surface area contributed by atoms with Crippen LogP contribution in [0.3, 0.4) is 0 Å². The summed E-state index contributed by atoms with van der Waals surface area (Å²) in [6.07, 6.45) is 2.47. The van der Waals surface area contributed by atoms with E-state index in [1.54, 1.807) is 12.3 Å². The number of pyridine rings is 1. The molecular formula is C15H16ClN3O. The molecule has 0 aliphatic carbocycles. The molecule has 0 aliphatic heterocycles. The molecule has 0 fully saturated rings. The number of nitrogens with one attached hydrogen (secondary N) is 2. The van der Waals surface area contributed by atoms with E-state index in [4.69, 9.17) is 11.6 Å². The number of amides is 2. The molecule has 4 nitrogen and oxygen atoms in total. The molecule has 2 rings (SSSR count). The first-order chi connectivity index (χ1) is 9.63. The number of aryl methyl sites for hydroxylation is 1. The predicted molar refractivity (Wildman–Crippen MR) is 81.2 cm³/mol. The number of rotatable bonds is 4. The molecule has 2 N–H and O–H groups in total. The Kier molecular flexibility index (Phi) is 4.96. The van der Waals surface area contributed by atoms with Crippen LogP contribution in [0.25, 0.3) is 0 Å². The number of anilines is 1. The van der Waals surface area contributed by atoms with E-state index in [1.165, 1.54) is 0 Å². The summed E-state index contributed by atoms with van der Waals surface area (Å²) in [5, 5.41) is 6.18. The molecule has 1 aromatic carbocycles. The predicted octanol–water partition coefficient (Wildman–Crippen LogP) is 3.41. The summed E-state index contributed by atoms with van der Waals surface area (Å²) in [5.41, 5.74) is 2.18. The van der Waals surface area contributed by atoms with Gasteiger partial charge in [0.15, 0.2) is 0 Å². The molecule has 0 saturated heterocycles. The number of halogens is 1. The van der Waals surface area contributed by atoms with Gasteiger partial charge in [-0.25, -0.2) is 9.78 Å². The maximum Gasteiger partial charge on any atom is 0.320 e. The third-order valence-corrected chi connectivity index (χ3v) is 3.02. The van der Waals surface area contributed by atoms with Crippen LogP contribution in [0.2, 0.25) is 5.02 Å². The summed E-state index contributed by atoms with van der Waals surface area (Å²) in [4.78, 5) is 15.8. The quantitative estimate of drug-likeness (QED) is 0.906. The first-order valence-corrected chi connectivity index (χ1v) is 6.73. The van der Waals surface area contributed by atoms with Crippen LogP contribution in [0.1, 0.15) is 11.1 Å². The molecule has 20 heavy (non-hydrogen) atoms. The highest BCUT2D eigenvalue weighted by atomic mass is 35.5. The van der Waals surface area contributed by atoms with E-state index < -0.39 is 0 Å². The fourth-order valence-corrected chi connectivity index (χ4v) is 1.80. The number of urea groups is 1. The third kappa shape index (κ3) is 4.55. The Morgan fingerprint density at radius 2 is 1.95 bits per heavy atom. The largest absolute Gasteiger partial charge is 0.337 e. The summed E-state index contributed by atoms with van der Waals surface area (Å²) in [6, 6.07) is 11.0. The zero-order valence-electron chi connectivity index (χ0n) is 11.2. The number of nitrogens with zero attached hydrogens (tertiary/aromatic N) is 1. The van der Waals surface area contributed by atoms with Gasteiger partial charge in [0.1, 0.15) is 5.82 Å². The molecule has 0 bridgehead atoms. The van der Waals surface area contributed by atoms with Crippen molar-refractivity contribution < 1.29 is 4.79 Å². The summed E-state index contributed by atoms with van der Waals surface area (Å²) in [5.74, 6) is 0.541. The fraction of sp³-hybridized carbons (Fsp3) is 0.200. The molecule has 2 aromatic rings. The average Bonchev–Trinajstić information content (AvgIpc) is 2.44. The summed E-state index contributed by atoms with van der Waals surface area (Å²) in [6.45, 7) is 2.50. The van der Waals surface area contributed by atoms with Crippen LogP contribution in [0.5, 0.6) is 0 Å². The molecule has 1 aromatic heterocycles.